The zero-order valence-electron chi connectivity index (χ0n) is 15.3. The van der Waals surface area contributed by atoms with Crippen molar-refractivity contribution in [3.8, 4) is 0 Å². The van der Waals surface area contributed by atoms with Gasteiger partial charge in [-0.1, -0.05) is 24.3 Å². The highest BCUT2D eigenvalue weighted by Gasteiger charge is 2.18. The quantitative estimate of drug-likeness (QED) is 0.763. The van der Waals surface area contributed by atoms with Crippen LogP contribution in [0.25, 0.3) is 0 Å². The topological polar surface area (TPSA) is 84.5 Å². The summed E-state index contributed by atoms with van der Waals surface area (Å²) >= 11 is 0. The molecule has 1 aliphatic heterocycles. The van der Waals surface area contributed by atoms with E-state index in [0.29, 0.717) is 12.1 Å². The fourth-order valence-electron chi connectivity index (χ4n) is 2.96. The molecule has 0 aromatic heterocycles. The van der Waals surface area contributed by atoms with Crippen molar-refractivity contribution >= 4 is 15.9 Å². The summed E-state index contributed by atoms with van der Waals surface area (Å²) in [6, 6.07) is 13.5. The average molecular weight is 388 g/mol. The standard InChI is InChI=1S/C20H24N2O4S/c1-15-5-2-3-6-17(15)13-22-27(24,25)19-10-8-16(9-11-19)20(23)21-14-18-7-4-12-26-18/h2-3,5-6,8-11,18,22H,4,7,12-14H2,1H3,(H,21,23). The van der Waals surface area contributed by atoms with E-state index < -0.39 is 10.0 Å². The number of benzene rings is 2. The van der Waals surface area contributed by atoms with Crippen LogP contribution in [0.3, 0.4) is 0 Å². The number of carbonyl (C=O) groups is 1. The minimum absolute atomic E-state index is 0.0687. The molecule has 1 heterocycles. The Hall–Kier alpha value is -2.22. The second-order valence-electron chi connectivity index (χ2n) is 6.62. The van der Waals surface area contributed by atoms with Gasteiger partial charge >= 0.3 is 0 Å². The molecule has 1 saturated heterocycles. The van der Waals surface area contributed by atoms with Crippen LogP contribution in [0.5, 0.6) is 0 Å². The van der Waals surface area contributed by atoms with Crippen LogP contribution in [0, 0.1) is 6.92 Å². The van der Waals surface area contributed by atoms with Gasteiger partial charge in [0.25, 0.3) is 5.91 Å². The molecule has 2 aromatic carbocycles. The van der Waals surface area contributed by atoms with Crippen LogP contribution in [-0.4, -0.2) is 33.6 Å². The fraction of sp³-hybridized carbons (Fsp3) is 0.350. The lowest BCUT2D eigenvalue weighted by Crippen LogP contribution is -2.31. The van der Waals surface area contributed by atoms with Crippen LogP contribution in [0.2, 0.25) is 0 Å². The molecule has 0 spiro atoms. The van der Waals surface area contributed by atoms with Crippen LogP contribution in [0.1, 0.15) is 34.3 Å². The van der Waals surface area contributed by atoms with Gasteiger partial charge < -0.3 is 10.1 Å². The number of amides is 1. The van der Waals surface area contributed by atoms with E-state index in [2.05, 4.69) is 10.0 Å². The Morgan fingerprint density at radius 2 is 1.89 bits per heavy atom. The van der Waals surface area contributed by atoms with Crippen molar-refractivity contribution in [3.63, 3.8) is 0 Å². The van der Waals surface area contributed by atoms with Crippen molar-refractivity contribution in [1.82, 2.24) is 10.0 Å². The summed E-state index contributed by atoms with van der Waals surface area (Å²) in [5.74, 6) is -0.234. The minimum atomic E-state index is -3.64. The van der Waals surface area contributed by atoms with Gasteiger partial charge in [0.15, 0.2) is 0 Å². The number of hydrogen-bond donors (Lipinski definition) is 2. The number of ether oxygens (including phenoxy) is 1. The van der Waals surface area contributed by atoms with Crippen molar-refractivity contribution in [2.75, 3.05) is 13.2 Å². The third-order valence-electron chi connectivity index (χ3n) is 4.65. The number of carbonyl (C=O) groups excluding carboxylic acids is 1. The zero-order valence-corrected chi connectivity index (χ0v) is 16.1. The molecule has 3 rings (SSSR count). The van der Waals surface area contributed by atoms with Gasteiger partial charge in [-0.25, -0.2) is 13.1 Å². The second kappa shape index (κ2) is 8.65. The summed E-state index contributed by atoms with van der Waals surface area (Å²) in [4.78, 5) is 12.3. The predicted molar refractivity (Wildman–Crippen MR) is 103 cm³/mol. The predicted octanol–water partition coefficient (Wildman–Crippen LogP) is 2.38. The summed E-state index contributed by atoms with van der Waals surface area (Å²) < 4.78 is 33.0. The van der Waals surface area contributed by atoms with Crippen molar-refractivity contribution < 1.29 is 17.9 Å². The smallest absolute Gasteiger partial charge is 0.251 e. The third-order valence-corrected chi connectivity index (χ3v) is 6.07. The first-order valence-corrected chi connectivity index (χ1v) is 10.5. The lowest BCUT2D eigenvalue weighted by Gasteiger charge is -2.11. The van der Waals surface area contributed by atoms with E-state index >= 15 is 0 Å². The first-order chi connectivity index (χ1) is 13.0. The highest BCUT2D eigenvalue weighted by atomic mass is 32.2. The van der Waals surface area contributed by atoms with E-state index in [9.17, 15) is 13.2 Å². The third kappa shape index (κ3) is 5.15. The summed E-state index contributed by atoms with van der Waals surface area (Å²) in [6.07, 6.45) is 2.03. The second-order valence-corrected chi connectivity index (χ2v) is 8.39. The van der Waals surface area contributed by atoms with E-state index in [-0.39, 0.29) is 23.5 Å². The van der Waals surface area contributed by atoms with Gasteiger partial charge in [-0.15, -0.1) is 0 Å². The Morgan fingerprint density at radius 1 is 1.15 bits per heavy atom. The molecule has 1 aliphatic rings. The molecule has 2 aromatic rings. The molecule has 2 N–H and O–H groups in total. The van der Waals surface area contributed by atoms with E-state index in [1.54, 1.807) is 0 Å². The van der Waals surface area contributed by atoms with Crippen molar-refractivity contribution in [1.29, 1.82) is 0 Å². The molecular formula is C20H24N2O4S. The molecule has 144 valence electrons. The Kier molecular flexibility index (Phi) is 6.26. The zero-order chi connectivity index (χ0) is 19.3. The maximum Gasteiger partial charge on any atom is 0.251 e. The van der Waals surface area contributed by atoms with Crippen LogP contribution in [-0.2, 0) is 21.3 Å². The van der Waals surface area contributed by atoms with E-state index in [4.69, 9.17) is 4.74 Å². The lowest BCUT2D eigenvalue weighted by molar-refractivity contribution is 0.0857. The molecular weight excluding hydrogens is 364 g/mol. The van der Waals surface area contributed by atoms with Crippen molar-refractivity contribution in [2.45, 2.75) is 37.3 Å². The van der Waals surface area contributed by atoms with Gasteiger partial charge in [-0.2, -0.15) is 0 Å². The van der Waals surface area contributed by atoms with Crippen LogP contribution < -0.4 is 10.0 Å². The number of rotatable bonds is 7. The molecule has 0 radical (unpaired) electrons. The molecule has 0 bridgehead atoms. The summed E-state index contributed by atoms with van der Waals surface area (Å²) in [6.45, 7) is 3.37. The maximum absolute atomic E-state index is 12.5. The van der Waals surface area contributed by atoms with E-state index in [0.717, 1.165) is 30.6 Å². The first kappa shape index (κ1) is 19.5. The highest BCUT2D eigenvalue weighted by Crippen LogP contribution is 2.14. The van der Waals surface area contributed by atoms with Crippen LogP contribution in [0.4, 0.5) is 0 Å². The highest BCUT2D eigenvalue weighted by molar-refractivity contribution is 7.89. The number of nitrogens with one attached hydrogen (secondary N) is 2. The molecule has 7 heteroatoms. The normalized spacial score (nSPS) is 17.0. The molecule has 0 saturated carbocycles. The molecule has 0 aliphatic carbocycles. The maximum atomic E-state index is 12.5. The van der Waals surface area contributed by atoms with Crippen LogP contribution in [0.15, 0.2) is 53.4 Å². The monoisotopic (exact) mass is 388 g/mol. The van der Waals surface area contributed by atoms with E-state index in [1.165, 1.54) is 24.3 Å². The molecule has 6 nitrogen and oxygen atoms in total. The van der Waals surface area contributed by atoms with Crippen molar-refractivity contribution in [3.05, 3.63) is 65.2 Å². The Labute approximate surface area is 160 Å². The van der Waals surface area contributed by atoms with Gasteiger partial charge in [0.1, 0.15) is 0 Å². The Balaban J connectivity index is 1.59. The Bertz CT molecular complexity index is 888. The molecule has 1 atom stereocenters. The average Bonchev–Trinajstić information content (AvgIpc) is 3.19. The SMILES string of the molecule is Cc1ccccc1CNS(=O)(=O)c1ccc(C(=O)NCC2CCCO2)cc1. The fourth-order valence-corrected chi connectivity index (χ4v) is 3.97. The Morgan fingerprint density at radius 3 is 2.56 bits per heavy atom. The largest absolute Gasteiger partial charge is 0.376 e. The van der Waals surface area contributed by atoms with Crippen LogP contribution >= 0.6 is 0 Å². The number of aryl methyl sites for hydroxylation is 1. The van der Waals surface area contributed by atoms with Gasteiger partial charge in [0.2, 0.25) is 10.0 Å². The first-order valence-electron chi connectivity index (χ1n) is 9.00. The van der Waals surface area contributed by atoms with Gasteiger partial charge in [-0.05, 0) is 55.2 Å². The van der Waals surface area contributed by atoms with E-state index in [1.807, 2.05) is 31.2 Å². The molecule has 1 amide bonds. The van der Waals surface area contributed by atoms with Gasteiger partial charge in [0.05, 0.1) is 11.0 Å². The molecule has 1 unspecified atom stereocenters. The van der Waals surface area contributed by atoms with Gasteiger partial charge in [0, 0.05) is 25.3 Å². The molecule has 1 fully saturated rings. The lowest BCUT2D eigenvalue weighted by atomic mass is 10.1. The number of hydrogen-bond acceptors (Lipinski definition) is 4. The van der Waals surface area contributed by atoms with Crippen molar-refractivity contribution in [2.24, 2.45) is 0 Å². The summed E-state index contributed by atoms with van der Waals surface area (Å²) in [5, 5.41) is 2.82. The van der Waals surface area contributed by atoms with Gasteiger partial charge in [-0.3, -0.25) is 4.79 Å². The minimum Gasteiger partial charge on any atom is -0.376 e. The molecule has 27 heavy (non-hydrogen) atoms. The summed E-state index contributed by atoms with van der Waals surface area (Å²) in [5.41, 5.74) is 2.37. The number of sulfonamides is 1. The summed E-state index contributed by atoms with van der Waals surface area (Å²) in [7, 11) is -3.64.